The predicted molar refractivity (Wildman–Crippen MR) is 143 cm³/mol. The molecule has 4 rings (SSSR count). The molecular formula is C29H34N2O4S. The van der Waals surface area contributed by atoms with Crippen LogP contribution < -0.4 is 14.4 Å². The second-order valence-corrected chi connectivity index (χ2v) is 11.1. The standard InChI is InChI=1S/C29H34N2O4S/c1-4-22-16-18-23(19-17-22)31(36(33,34)24-12-8-7-9-13-24)21-28(32)30-26-20-29(5-2,6-3)35-27-15-11-10-14-25(26)27/h7-19,26H,4-6,20-21H2,1-3H3,(H,30,32)/t26-/m1/s1. The first kappa shape index (κ1) is 25.8. The van der Waals surface area contributed by atoms with Crippen molar-refractivity contribution in [2.24, 2.45) is 0 Å². The Morgan fingerprint density at radius 1 is 0.944 bits per heavy atom. The van der Waals surface area contributed by atoms with E-state index in [1.165, 1.54) is 4.31 Å². The Kier molecular flexibility index (Phi) is 7.69. The molecule has 0 aromatic heterocycles. The van der Waals surface area contributed by atoms with Crippen molar-refractivity contribution in [2.75, 3.05) is 10.8 Å². The zero-order valence-electron chi connectivity index (χ0n) is 21.1. The highest BCUT2D eigenvalue weighted by Gasteiger charge is 2.39. The molecule has 0 aliphatic carbocycles. The summed E-state index contributed by atoms with van der Waals surface area (Å²) in [6, 6.07) is 23.0. The molecule has 7 heteroatoms. The van der Waals surface area contributed by atoms with Gasteiger partial charge in [-0.25, -0.2) is 8.42 Å². The zero-order chi connectivity index (χ0) is 25.8. The van der Waals surface area contributed by atoms with Crippen molar-refractivity contribution in [2.45, 2.75) is 63.0 Å². The summed E-state index contributed by atoms with van der Waals surface area (Å²) in [5.74, 6) is 0.401. The molecule has 0 bridgehead atoms. The van der Waals surface area contributed by atoms with E-state index in [2.05, 4.69) is 19.2 Å². The van der Waals surface area contributed by atoms with Gasteiger partial charge in [0.2, 0.25) is 5.91 Å². The van der Waals surface area contributed by atoms with Gasteiger partial charge >= 0.3 is 0 Å². The number of rotatable bonds is 9. The topological polar surface area (TPSA) is 75.7 Å². The van der Waals surface area contributed by atoms with Gasteiger partial charge in [-0.15, -0.1) is 0 Å². The summed E-state index contributed by atoms with van der Waals surface area (Å²) in [4.78, 5) is 13.6. The fraction of sp³-hybridized carbons (Fsp3) is 0.345. The lowest BCUT2D eigenvalue weighted by Crippen LogP contribution is -2.47. The Labute approximate surface area is 214 Å². The summed E-state index contributed by atoms with van der Waals surface area (Å²) in [7, 11) is -3.95. The molecule has 36 heavy (non-hydrogen) atoms. The van der Waals surface area contributed by atoms with Crippen molar-refractivity contribution < 1.29 is 17.9 Å². The number of carbonyl (C=O) groups excluding carboxylic acids is 1. The molecule has 1 atom stereocenters. The fourth-order valence-corrected chi connectivity index (χ4v) is 6.18. The van der Waals surface area contributed by atoms with Gasteiger partial charge in [0.05, 0.1) is 16.6 Å². The van der Waals surface area contributed by atoms with Crippen LogP contribution in [0.3, 0.4) is 0 Å². The third-order valence-electron chi connectivity index (χ3n) is 7.07. The molecule has 3 aromatic rings. The maximum Gasteiger partial charge on any atom is 0.264 e. The number of amides is 1. The normalized spacial score (nSPS) is 16.5. The maximum atomic E-state index is 13.6. The van der Waals surface area contributed by atoms with E-state index in [1.807, 2.05) is 43.3 Å². The Balaban J connectivity index is 1.64. The van der Waals surface area contributed by atoms with Gasteiger partial charge in [-0.1, -0.05) is 69.3 Å². The van der Waals surface area contributed by atoms with Crippen molar-refractivity contribution in [1.82, 2.24) is 5.32 Å². The molecular weight excluding hydrogens is 472 g/mol. The SMILES string of the molecule is CCc1ccc(N(CC(=O)N[C@@H]2CC(CC)(CC)Oc3ccccc32)S(=O)(=O)c2ccccc2)cc1. The van der Waals surface area contributed by atoms with Crippen molar-refractivity contribution in [1.29, 1.82) is 0 Å². The van der Waals surface area contributed by atoms with Crippen LogP contribution in [0.15, 0.2) is 83.8 Å². The summed E-state index contributed by atoms with van der Waals surface area (Å²) in [6.07, 6.45) is 3.08. The second kappa shape index (κ2) is 10.7. The molecule has 3 aromatic carbocycles. The third kappa shape index (κ3) is 5.26. The van der Waals surface area contributed by atoms with E-state index < -0.39 is 10.0 Å². The smallest absolute Gasteiger partial charge is 0.264 e. The van der Waals surface area contributed by atoms with E-state index in [-0.39, 0.29) is 29.0 Å². The van der Waals surface area contributed by atoms with Gasteiger partial charge in [0.15, 0.2) is 0 Å². The molecule has 1 aliphatic rings. The number of nitrogens with zero attached hydrogens (tertiary/aromatic N) is 1. The molecule has 1 aliphatic heterocycles. The van der Waals surface area contributed by atoms with Crippen LogP contribution in [0.5, 0.6) is 5.75 Å². The van der Waals surface area contributed by atoms with E-state index in [1.54, 1.807) is 42.5 Å². The Morgan fingerprint density at radius 3 is 2.22 bits per heavy atom. The first-order valence-corrected chi connectivity index (χ1v) is 14.0. The highest BCUT2D eigenvalue weighted by atomic mass is 32.2. The summed E-state index contributed by atoms with van der Waals surface area (Å²) in [5, 5.41) is 3.12. The van der Waals surface area contributed by atoms with Crippen LogP contribution in [-0.2, 0) is 21.2 Å². The highest BCUT2D eigenvalue weighted by molar-refractivity contribution is 7.92. The Bertz CT molecular complexity index is 1290. The minimum absolute atomic E-state index is 0.143. The molecule has 0 fully saturated rings. The molecule has 190 valence electrons. The quantitative estimate of drug-likeness (QED) is 0.407. The van der Waals surface area contributed by atoms with Crippen molar-refractivity contribution >= 4 is 21.6 Å². The molecule has 0 saturated heterocycles. The Hall–Kier alpha value is -3.32. The molecule has 0 spiro atoms. The van der Waals surface area contributed by atoms with Crippen molar-refractivity contribution in [3.05, 3.63) is 90.0 Å². The Morgan fingerprint density at radius 2 is 1.58 bits per heavy atom. The summed E-state index contributed by atoms with van der Waals surface area (Å²) in [6.45, 7) is 5.89. The molecule has 1 N–H and O–H groups in total. The number of sulfonamides is 1. The van der Waals surface area contributed by atoms with E-state index in [9.17, 15) is 13.2 Å². The van der Waals surface area contributed by atoms with Gasteiger partial charge in [-0.2, -0.15) is 0 Å². The molecule has 1 amide bonds. The predicted octanol–water partition coefficient (Wildman–Crippen LogP) is 5.64. The van der Waals surface area contributed by atoms with Gasteiger partial charge < -0.3 is 10.1 Å². The lowest BCUT2D eigenvalue weighted by molar-refractivity contribution is -0.121. The van der Waals surface area contributed by atoms with E-state index in [4.69, 9.17) is 4.74 Å². The minimum atomic E-state index is -3.95. The van der Waals surface area contributed by atoms with Crippen LogP contribution in [0.1, 0.15) is 57.2 Å². The average molecular weight is 507 g/mol. The number of nitrogens with one attached hydrogen (secondary N) is 1. The van der Waals surface area contributed by atoms with Gasteiger partial charge in [-0.3, -0.25) is 9.10 Å². The number of ether oxygens (including phenoxy) is 1. The monoisotopic (exact) mass is 506 g/mol. The van der Waals surface area contributed by atoms with Crippen LogP contribution >= 0.6 is 0 Å². The highest BCUT2D eigenvalue weighted by Crippen LogP contribution is 2.42. The molecule has 0 unspecified atom stereocenters. The molecule has 6 nitrogen and oxygen atoms in total. The first-order chi connectivity index (χ1) is 17.3. The number of hydrogen-bond donors (Lipinski definition) is 1. The van der Waals surface area contributed by atoms with Gasteiger partial charge in [-0.05, 0) is 55.2 Å². The summed E-state index contributed by atoms with van der Waals surface area (Å²) in [5.41, 5.74) is 2.08. The largest absolute Gasteiger partial charge is 0.487 e. The zero-order valence-corrected chi connectivity index (χ0v) is 21.9. The number of carbonyl (C=O) groups is 1. The molecule has 0 saturated carbocycles. The first-order valence-electron chi connectivity index (χ1n) is 12.6. The van der Waals surface area contributed by atoms with Crippen LogP contribution in [-0.4, -0.2) is 26.5 Å². The van der Waals surface area contributed by atoms with Crippen LogP contribution in [0, 0.1) is 0 Å². The van der Waals surface area contributed by atoms with E-state index >= 15 is 0 Å². The molecule has 0 radical (unpaired) electrons. The maximum absolute atomic E-state index is 13.6. The van der Waals surface area contributed by atoms with Crippen LogP contribution in [0.4, 0.5) is 5.69 Å². The number of aryl methyl sites for hydroxylation is 1. The van der Waals surface area contributed by atoms with Crippen molar-refractivity contribution in [3.63, 3.8) is 0 Å². The minimum Gasteiger partial charge on any atom is -0.487 e. The number of para-hydroxylation sites is 1. The number of hydrogen-bond acceptors (Lipinski definition) is 4. The van der Waals surface area contributed by atoms with Crippen molar-refractivity contribution in [3.8, 4) is 5.75 Å². The summed E-state index contributed by atoms with van der Waals surface area (Å²) >= 11 is 0. The third-order valence-corrected chi connectivity index (χ3v) is 8.86. The average Bonchev–Trinajstić information content (AvgIpc) is 2.92. The fourth-order valence-electron chi connectivity index (χ4n) is 4.73. The lowest BCUT2D eigenvalue weighted by Gasteiger charge is -2.41. The summed E-state index contributed by atoms with van der Waals surface area (Å²) < 4.78 is 34.8. The number of benzene rings is 3. The number of fused-ring (bicyclic) bond motifs is 1. The van der Waals surface area contributed by atoms with Crippen LogP contribution in [0.25, 0.3) is 0 Å². The van der Waals surface area contributed by atoms with E-state index in [0.717, 1.165) is 36.1 Å². The van der Waals surface area contributed by atoms with E-state index in [0.29, 0.717) is 12.1 Å². The lowest BCUT2D eigenvalue weighted by atomic mass is 9.83. The van der Waals surface area contributed by atoms with Gasteiger partial charge in [0, 0.05) is 12.0 Å². The molecule has 1 heterocycles. The number of anilines is 1. The van der Waals surface area contributed by atoms with Gasteiger partial charge in [0.1, 0.15) is 17.9 Å². The second-order valence-electron chi connectivity index (χ2n) is 9.20. The van der Waals surface area contributed by atoms with Gasteiger partial charge in [0.25, 0.3) is 10.0 Å². The van der Waals surface area contributed by atoms with Crippen LogP contribution in [0.2, 0.25) is 0 Å².